The van der Waals surface area contributed by atoms with E-state index in [0.717, 1.165) is 35.1 Å². The Morgan fingerprint density at radius 2 is 1.81 bits per heavy atom. The first-order valence-corrected chi connectivity index (χ1v) is 9.59. The molecule has 0 fully saturated rings. The molecule has 2 aromatic rings. The number of anilines is 1. The van der Waals surface area contributed by atoms with Gasteiger partial charge in [0.1, 0.15) is 11.4 Å². The minimum absolute atomic E-state index is 0.116. The molecule has 0 radical (unpaired) electrons. The van der Waals surface area contributed by atoms with Crippen molar-refractivity contribution in [2.75, 3.05) is 11.9 Å². The predicted octanol–water partition coefficient (Wildman–Crippen LogP) is 5.55. The number of ether oxygens (including phenoxy) is 2. The van der Waals surface area contributed by atoms with E-state index in [-0.39, 0.29) is 12.0 Å². The Labute approximate surface area is 156 Å². The number of carbonyl (C=O) groups is 1. The third-order valence-electron chi connectivity index (χ3n) is 4.82. The van der Waals surface area contributed by atoms with E-state index in [2.05, 4.69) is 19.2 Å². The lowest BCUT2D eigenvalue weighted by Crippen LogP contribution is -2.42. The van der Waals surface area contributed by atoms with Gasteiger partial charge in [0, 0.05) is 23.1 Å². The molecule has 2 rings (SSSR count). The van der Waals surface area contributed by atoms with Gasteiger partial charge in [-0.1, -0.05) is 45.0 Å². The molecule has 0 saturated carbocycles. The molecule has 0 aliphatic carbocycles. The zero-order valence-corrected chi connectivity index (χ0v) is 16.6. The average Bonchev–Trinajstić information content (AvgIpc) is 2.67. The summed E-state index contributed by atoms with van der Waals surface area (Å²) < 4.78 is 11.9. The van der Waals surface area contributed by atoms with Crippen molar-refractivity contribution in [3.8, 4) is 5.75 Å². The van der Waals surface area contributed by atoms with Crippen LogP contribution < -0.4 is 10.1 Å². The zero-order valence-electron chi connectivity index (χ0n) is 16.6. The van der Waals surface area contributed by atoms with Crippen LogP contribution in [0, 0.1) is 0 Å². The summed E-state index contributed by atoms with van der Waals surface area (Å²) in [5.74, 6) is 0.725. The van der Waals surface area contributed by atoms with Gasteiger partial charge in [0.15, 0.2) is 0 Å². The van der Waals surface area contributed by atoms with E-state index in [1.807, 2.05) is 57.2 Å². The fourth-order valence-electron chi connectivity index (χ4n) is 2.69. The van der Waals surface area contributed by atoms with Gasteiger partial charge < -0.3 is 14.8 Å². The average molecular weight is 357 g/mol. The van der Waals surface area contributed by atoms with Gasteiger partial charge in [-0.05, 0) is 45.2 Å². The molecule has 26 heavy (non-hydrogen) atoms. The molecule has 0 aliphatic rings. The Morgan fingerprint density at radius 1 is 1.12 bits per heavy atom. The van der Waals surface area contributed by atoms with E-state index in [0.29, 0.717) is 13.0 Å². The Bertz CT molecular complexity index is 743. The summed E-state index contributed by atoms with van der Waals surface area (Å²) in [5.41, 5.74) is -0.0508. The van der Waals surface area contributed by atoms with Crippen molar-refractivity contribution in [2.24, 2.45) is 0 Å². The Hall–Kier alpha value is -2.07. The van der Waals surface area contributed by atoms with Crippen LogP contribution in [0.15, 0.2) is 36.4 Å². The number of fused-ring (bicyclic) bond motifs is 1. The van der Waals surface area contributed by atoms with Crippen molar-refractivity contribution in [1.29, 1.82) is 0 Å². The van der Waals surface area contributed by atoms with Crippen LogP contribution in [-0.4, -0.2) is 24.2 Å². The monoisotopic (exact) mass is 357 g/mol. The van der Waals surface area contributed by atoms with Crippen LogP contribution in [0.2, 0.25) is 0 Å². The highest BCUT2D eigenvalue weighted by Crippen LogP contribution is 2.33. The van der Waals surface area contributed by atoms with Gasteiger partial charge in [-0.3, -0.25) is 4.79 Å². The van der Waals surface area contributed by atoms with Crippen LogP contribution in [-0.2, 0) is 9.53 Å². The lowest BCUT2D eigenvalue weighted by molar-refractivity contribution is -0.139. The summed E-state index contributed by atoms with van der Waals surface area (Å²) in [7, 11) is 0. The van der Waals surface area contributed by atoms with Gasteiger partial charge in [-0.2, -0.15) is 0 Å². The summed E-state index contributed by atoms with van der Waals surface area (Å²) in [5, 5.41) is 5.03. The molecule has 0 unspecified atom stereocenters. The molecular formula is C22H31NO3. The first kappa shape index (κ1) is 20.2. The summed E-state index contributed by atoms with van der Waals surface area (Å²) in [6, 6.07) is 11.8. The van der Waals surface area contributed by atoms with Crippen LogP contribution in [0.5, 0.6) is 5.75 Å². The molecule has 1 amide bonds. The number of hydrogen-bond donors (Lipinski definition) is 1. The largest absolute Gasteiger partial charge is 0.490 e. The molecule has 1 N–H and O–H groups in total. The lowest BCUT2D eigenvalue weighted by atomic mass is 10.0. The van der Waals surface area contributed by atoms with E-state index < -0.39 is 5.60 Å². The number of rotatable bonds is 9. The highest BCUT2D eigenvalue weighted by molar-refractivity contribution is 6.06. The van der Waals surface area contributed by atoms with Crippen LogP contribution in [0.4, 0.5) is 5.69 Å². The first-order chi connectivity index (χ1) is 12.4. The molecule has 0 spiro atoms. The van der Waals surface area contributed by atoms with Gasteiger partial charge in [0.25, 0.3) is 5.91 Å². The molecule has 142 valence electrons. The quantitative estimate of drug-likeness (QED) is 0.640. The van der Waals surface area contributed by atoms with Crippen molar-refractivity contribution >= 4 is 22.4 Å². The summed E-state index contributed by atoms with van der Waals surface area (Å²) in [6.45, 7) is 10.6. The van der Waals surface area contributed by atoms with Crippen molar-refractivity contribution in [1.82, 2.24) is 0 Å². The standard InChI is InChI=1S/C22H31NO3/c1-6-15-25-22(5,8-3)21(24)23-19-13-14-20(26-16(4)7-2)18-12-10-9-11-17(18)19/h9-14,16H,6-8,15H2,1-5H3,(H,23,24)/t16-,22+/m1/s1. The van der Waals surface area contributed by atoms with Gasteiger partial charge in [-0.15, -0.1) is 0 Å². The molecule has 0 bridgehead atoms. The summed E-state index contributed by atoms with van der Waals surface area (Å²) in [4.78, 5) is 12.9. The maximum Gasteiger partial charge on any atom is 0.256 e. The number of carbonyl (C=O) groups excluding carboxylic acids is 1. The van der Waals surface area contributed by atoms with Crippen LogP contribution in [0.1, 0.15) is 53.9 Å². The van der Waals surface area contributed by atoms with Crippen LogP contribution in [0.25, 0.3) is 10.8 Å². The Morgan fingerprint density at radius 3 is 2.42 bits per heavy atom. The maximum atomic E-state index is 12.9. The molecule has 0 saturated heterocycles. The smallest absolute Gasteiger partial charge is 0.256 e. The van der Waals surface area contributed by atoms with Crippen molar-refractivity contribution in [3.05, 3.63) is 36.4 Å². The number of hydrogen-bond acceptors (Lipinski definition) is 3. The SMILES string of the molecule is CCCO[C@@](C)(CC)C(=O)Nc1ccc(O[C@H](C)CC)c2ccccc12. The molecule has 4 heteroatoms. The molecule has 2 atom stereocenters. The number of amides is 1. The third kappa shape index (κ3) is 4.55. The highest BCUT2D eigenvalue weighted by Gasteiger charge is 2.32. The Balaban J connectivity index is 2.33. The fourth-order valence-corrected chi connectivity index (χ4v) is 2.69. The minimum atomic E-state index is -0.830. The topological polar surface area (TPSA) is 47.6 Å². The molecule has 0 heterocycles. The van der Waals surface area contributed by atoms with Gasteiger partial charge in [0.2, 0.25) is 0 Å². The van der Waals surface area contributed by atoms with E-state index in [1.165, 1.54) is 0 Å². The van der Waals surface area contributed by atoms with Crippen molar-refractivity contribution in [3.63, 3.8) is 0 Å². The van der Waals surface area contributed by atoms with Crippen LogP contribution >= 0.6 is 0 Å². The predicted molar refractivity (Wildman–Crippen MR) is 108 cm³/mol. The Kier molecular flexibility index (Phi) is 7.04. The van der Waals surface area contributed by atoms with E-state index in [4.69, 9.17) is 9.47 Å². The fraction of sp³-hybridized carbons (Fsp3) is 0.500. The minimum Gasteiger partial charge on any atom is -0.490 e. The second-order valence-electron chi connectivity index (χ2n) is 6.88. The summed E-state index contributed by atoms with van der Waals surface area (Å²) >= 11 is 0. The molecule has 0 aromatic heterocycles. The normalized spacial score (nSPS) is 14.7. The maximum absolute atomic E-state index is 12.9. The van der Waals surface area contributed by atoms with Crippen molar-refractivity contribution in [2.45, 2.75) is 65.6 Å². The van der Waals surface area contributed by atoms with E-state index >= 15 is 0 Å². The highest BCUT2D eigenvalue weighted by atomic mass is 16.5. The second kappa shape index (κ2) is 9.04. The van der Waals surface area contributed by atoms with Crippen molar-refractivity contribution < 1.29 is 14.3 Å². The first-order valence-electron chi connectivity index (χ1n) is 9.59. The van der Waals surface area contributed by atoms with Gasteiger partial charge in [-0.25, -0.2) is 0 Å². The number of benzene rings is 2. The third-order valence-corrected chi connectivity index (χ3v) is 4.82. The van der Waals surface area contributed by atoms with E-state index in [1.54, 1.807) is 0 Å². The van der Waals surface area contributed by atoms with Gasteiger partial charge >= 0.3 is 0 Å². The van der Waals surface area contributed by atoms with Gasteiger partial charge in [0.05, 0.1) is 6.10 Å². The summed E-state index contributed by atoms with van der Waals surface area (Å²) in [6.07, 6.45) is 2.58. The molecule has 2 aromatic carbocycles. The zero-order chi connectivity index (χ0) is 19.2. The molecule has 4 nitrogen and oxygen atoms in total. The van der Waals surface area contributed by atoms with E-state index in [9.17, 15) is 4.79 Å². The molecular weight excluding hydrogens is 326 g/mol. The lowest BCUT2D eigenvalue weighted by Gasteiger charge is -2.27. The second-order valence-corrected chi connectivity index (χ2v) is 6.88. The van der Waals surface area contributed by atoms with Crippen LogP contribution in [0.3, 0.4) is 0 Å². The molecule has 0 aliphatic heterocycles. The number of nitrogens with one attached hydrogen (secondary N) is 1.